The molecule has 0 aromatic rings. The monoisotopic (exact) mass is 176 g/mol. The fourth-order valence-electron chi connectivity index (χ4n) is 0.423. The molecule has 12 heavy (non-hydrogen) atoms. The first-order chi connectivity index (χ1) is 5.38. The van der Waals surface area contributed by atoms with E-state index in [-0.39, 0.29) is 0 Å². The maximum Gasteiger partial charge on any atom is 0.415 e. The van der Waals surface area contributed by atoms with E-state index in [1.165, 1.54) is 6.08 Å². The zero-order chi connectivity index (χ0) is 9.78. The van der Waals surface area contributed by atoms with Crippen molar-refractivity contribution in [3.63, 3.8) is 0 Å². The largest absolute Gasteiger partial charge is 0.415 e. The Bertz CT molecular complexity index is 218. The van der Waals surface area contributed by atoms with Crippen LogP contribution in [-0.4, -0.2) is 6.18 Å². The number of hydrogen-bond donors (Lipinski definition) is 0. The summed E-state index contributed by atoms with van der Waals surface area (Å²) in [6, 6.07) is 0. The average molecular weight is 176 g/mol. The van der Waals surface area contributed by atoms with E-state index in [0.717, 1.165) is 11.6 Å². The van der Waals surface area contributed by atoms with E-state index >= 15 is 0 Å². The average Bonchev–Trinajstić information content (AvgIpc) is 1.97. The van der Waals surface area contributed by atoms with E-state index in [9.17, 15) is 13.2 Å². The Balaban J connectivity index is 4.29. The minimum atomic E-state index is -4.31. The SMILES string of the molecule is C=C(/C=C\C(C)=C/C)C(F)(F)F. The van der Waals surface area contributed by atoms with Crippen LogP contribution in [0.25, 0.3) is 0 Å². The second-order valence-corrected chi connectivity index (χ2v) is 2.39. The smallest absolute Gasteiger partial charge is 0.166 e. The van der Waals surface area contributed by atoms with E-state index < -0.39 is 11.7 Å². The molecule has 0 nitrogen and oxygen atoms in total. The first-order valence-electron chi connectivity index (χ1n) is 3.45. The molecule has 0 amide bonds. The topological polar surface area (TPSA) is 0 Å². The summed E-state index contributed by atoms with van der Waals surface area (Å²) in [5, 5.41) is 0. The van der Waals surface area contributed by atoms with E-state index in [4.69, 9.17) is 0 Å². The number of rotatable bonds is 2. The highest BCUT2D eigenvalue weighted by atomic mass is 19.4. The van der Waals surface area contributed by atoms with Crippen molar-refractivity contribution in [2.24, 2.45) is 0 Å². The molecule has 0 spiro atoms. The van der Waals surface area contributed by atoms with Crippen LogP contribution in [0.3, 0.4) is 0 Å². The molecule has 0 heterocycles. The van der Waals surface area contributed by atoms with Gasteiger partial charge >= 0.3 is 6.18 Å². The van der Waals surface area contributed by atoms with Crippen LogP contribution < -0.4 is 0 Å². The molecular formula is C9H11F3. The highest BCUT2D eigenvalue weighted by Gasteiger charge is 2.29. The van der Waals surface area contributed by atoms with Gasteiger partial charge in [-0.15, -0.1) is 0 Å². The molecule has 0 atom stereocenters. The normalized spacial score (nSPS) is 13.9. The van der Waals surface area contributed by atoms with Gasteiger partial charge in [0.1, 0.15) is 0 Å². The van der Waals surface area contributed by atoms with Gasteiger partial charge in [0.2, 0.25) is 0 Å². The Morgan fingerprint density at radius 1 is 1.25 bits per heavy atom. The Kier molecular flexibility index (Phi) is 3.80. The quantitative estimate of drug-likeness (QED) is 0.563. The van der Waals surface area contributed by atoms with Gasteiger partial charge in [0.05, 0.1) is 0 Å². The molecular weight excluding hydrogens is 165 g/mol. The molecule has 0 radical (unpaired) electrons. The van der Waals surface area contributed by atoms with Crippen LogP contribution in [-0.2, 0) is 0 Å². The lowest BCUT2D eigenvalue weighted by atomic mass is 10.2. The number of allylic oxidation sites excluding steroid dienone is 5. The zero-order valence-electron chi connectivity index (χ0n) is 7.07. The number of alkyl halides is 3. The fraction of sp³-hybridized carbons (Fsp3) is 0.333. The summed E-state index contributed by atoms with van der Waals surface area (Å²) in [6.45, 7) is 6.38. The molecule has 0 saturated carbocycles. The lowest BCUT2D eigenvalue weighted by molar-refractivity contribution is -0.0878. The first-order valence-corrected chi connectivity index (χ1v) is 3.45. The van der Waals surface area contributed by atoms with E-state index in [1.54, 1.807) is 19.9 Å². The third-order valence-electron chi connectivity index (χ3n) is 1.37. The van der Waals surface area contributed by atoms with Crippen LogP contribution in [0.5, 0.6) is 0 Å². The minimum absolute atomic E-state index is 0.778. The predicted octanol–water partition coefficient (Wildman–Crippen LogP) is 3.63. The second kappa shape index (κ2) is 4.14. The van der Waals surface area contributed by atoms with Crippen LogP contribution in [0, 0.1) is 0 Å². The van der Waals surface area contributed by atoms with Crippen LogP contribution in [0.4, 0.5) is 13.2 Å². The molecule has 0 N–H and O–H groups in total. The van der Waals surface area contributed by atoms with E-state index in [2.05, 4.69) is 6.58 Å². The standard InChI is InChI=1S/C9H11F3/c1-4-7(2)5-6-8(3)9(10,11)12/h4-6H,3H2,1-2H3/b6-5-,7-4-. The molecule has 0 saturated heterocycles. The summed E-state index contributed by atoms with van der Waals surface area (Å²) in [7, 11) is 0. The van der Waals surface area contributed by atoms with Gasteiger partial charge in [0.15, 0.2) is 0 Å². The van der Waals surface area contributed by atoms with Crippen molar-refractivity contribution in [2.45, 2.75) is 20.0 Å². The molecule has 0 unspecified atom stereocenters. The summed E-state index contributed by atoms with van der Waals surface area (Å²) >= 11 is 0. The van der Waals surface area contributed by atoms with Gasteiger partial charge in [0, 0.05) is 5.57 Å². The summed E-state index contributed by atoms with van der Waals surface area (Å²) in [4.78, 5) is 0. The van der Waals surface area contributed by atoms with Crippen molar-refractivity contribution in [3.05, 3.63) is 36.0 Å². The summed E-state index contributed by atoms with van der Waals surface area (Å²) < 4.78 is 35.5. The summed E-state index contributed by atoms with van der Waals surface area (Å²) in [5.41, 5.74) is -0.0518. The van der Waals surface area contributed by atoms with Crippen molar-refractivity contribution in [3.8, 4) is 0 Å². The lowest BCUT2D eigenvalue weighted by Gasteiger charge is -2.04. The molecule has 3 heteroatoms. The van der Waals surface area contributed by atoms with Crippen LogP contribution in [0.1, 0.15) is 13.8 Å². The van der Waals surface area contributed by atoms with Crippen molar-refractivity contribution >= 4 is 0 Å². The molecule has 0 aliphatic heterocycles. The van der Waals surface area contributed by atoms with E-state index in [1.807, 2.05) is 0 Å². The third kappa shape index (κ3) is 4.01. The zero-order valence-corrected chi connectivity index (χ0v) is 7.07. The second-order valence-electron chi connectivity index (χ2n) is 2.39. The van der Waals surface area contributed by atoms with Crippen LogP contribution in [0.2, 0.25) is 0 Å². The predicted molar refractivity (Wildman–Crippen MR) is 43.8 cm³/mol. The maximum absolute atomic E-state index is 11.8. The summed E-state index contributed by atoms with van der Waals surface area (Å²) in [5.74, 6) is 0. The molecule has 0 aliphatic rings. The van der Waals surface area contributed by atoms with Gasteiger partial charge in [0.25, 0.3) is 0 Å². The number of halogens is 3. The van der Waals surface area contributed by atoms with Gasteiger partial charge in [-0.25, -0.2) is 0 Å². The van der Waals surface area contributed by atoms with Crippen LogP contribution in [0.15, 0.2) is 36.0 Å². The van der Waals surface area contributed by atoms with Gasteiger partial charge in [-0.2, -0.15) is 13.2 Å². The van der Waals surface area contributed by atoms with E-state index in [0.29, 0.717) is 0 Å². The Labute approximate surface area is 70.1 Å². The minimum Gasteiger partial charge on any atom is -0.166 e. The highest BCUT2D eigenvalue weighted by molar-refractivity contribution is 5.27. The van der Waals surface area contributed by atoms with Crippen LogP contribution >= 0.6 is 0 Å². The van der Waals surface area contributed by atoms with Gasteiger partial charge in [-0.05, 0) is 13.8 Å². The molecule has 0 rings (SSSR count). The maximum atomic E-state index is 11.8. The lowest BCUT2D eigenvalue weighted by Crippen LogP contribution is -2.08. The molecule has 68 valence electrons. The Morgan fingerprint density at radius 2 is 1.75 bits per heavy atom. The first kappa shape index (κ1) is 11.0. The van der Waals surface area contributed by atoms with Crippen molar-refractivity contribution < 1.29 is 13.2 Å². The van der Waals surface area contributed by atoms with Crippen molar-refractivity contribution in [2.75, 3.05) is 0 Å². The molecule has 0 aliphatic carbocycles. The third-order valence-corrected chi connectivity index (χ3v) is 1.37. The molecule has 0 aromatic heterocycles. The number of hydrogen-bond acceptors (Lipinski definition) is 0. The summed E-state index contributed by atoms with van der Waals surface area (Å²) in [6.07, 6.45) is -0.240. The van der Waals surface area contributed by atoms with Crippen molar-refractivity contribution in [1.29, 1.82) is 0 Å². The Morgan fingerprint density at radius 3 is 2.08 bits per heavy atom. The Hall–Kier alpha value is -0.990. The van der Waals surface area contributed by atoms with Crippen molar-refractivity contribution in [1.82, 2.24) is 0 Å². The van der Waals surface area contributed by atoms with Gasteiger partial charge in [-0.1, -0.05) is 30.4 Å². The van der Waals surface area contributed by atoms with Gasteiger partial charge < -0.3 is 0 Å². The molecule has 0 aromatic carbocycles. The highest BCUT2D eigenvalue weighted by Crippen LogP contribution is 2.24. The van der Waals surface area contributed by atoms with Gasteiger partial charge in [-0.3, -0.25) is 0 Å². The molecule has 0 bridgehead atoms. The fourth-order valence-corrected chi connectivity index (χ4v) is 0.423. The molecule has 0 fully saturated rings.